The molecule has 6 nitrogen and oxygen atoms in total. The van der Waals surface area contributed by atoms with E-state index in [1.165, 1.54) is 0 Å². The first-order valence-electron chi connectivity index (χ1n) is 6.31. The average molecular weight is 266 g/mol. The van der Waals surface area contributed by atoms with Gasteiger partial charge in [-0.05, 0) is 45.9 Å². The molecule has 1 aromatic rings. The maximum atomic E-state index is 11.5. The number of hydrogen-bond acceptors (Lipinski definition) is 5. The zero-order valence-electron chi connectivity index (χ0n) is 11.7. The quantitative estimate of drug-likeness (QED) is 0.711. The van der Waals surface area contributed by atoms with Gasteiger partial charge in [0.2, 0.25) is 0 Å². The Labute approximate surface area is 113 Å². The van der Waals surface area contributed by atoms with Crippen molar-refractivity contribution >= 4 is 17.6 Å². The summed E-state index contributed by atoms with van der Waals surface area (Å²) in [7, 11) is 0. The highest BCUT2D eigenvalue weighted by Gasteiger charge is 2.16. The fraction of sp³-hybridized carbons (Fsp3) is 0.538. The summed E-state index contributed by atoms with van der Waals surface area (Å²) in [6.07, 6.45) is 2.05. The van der Waals surface area contributed by atoms with Crippen LogP contribution in [0.25, 0.3) is 0 Å². The number of anilines is 2. The van der Waals surface area contributed by atoms with Gasteiger partial charge < -0.3 is 15.8 Å². The highest BCUT2D eigenvalue weighted by molar-refractivity contribution is 5.83. The van der Waals surface area contributed by atoms with Crippen LogP contribution < -0.4 is 16.4 Å². The van der Waals surface area contributed by atoms with Crippen LogP contribution in [0, 0.1) is 0 Å². The van der Waals surface area contributed by atoms with Crippen molar-refractivity contribution in [2.75, 3.05) is 23.7 Å². The van der Waals surface area contributed by atoms with Gasteiger partial charge in [-0.1, -0.05) is 0 Å². The summed E-state index contributed by atoms with van der Waals surface area (Å²) in [6, 6.07) is 3.56. The van der Waals surface area contributed by atoms with Gasteiger partial charge in [0.1, 0.15) is 11.4 Å². The Morgan fingerprint density at radius 2 is 2.16 bits per heavy atom. The zero-order valence-corrected chi connectivity index (χ0v) is 11.7. The van der Waals surface area contributed by atoms with E-state index >= 15 is 0 Å². The number of carbonyl (C=O) groups is 1. The van der Waals surface area contributed by atoms with Crippen LogP contribution in [0.3, 0.4) is 0 Å². The smallest absolute Gasteiger partial charge is 0.413 e. The van der Waals surface area contributed by atoms with Crippen LogP contribution in [0.1, 0.15) is 27.2 Å². The second-order valence-electron chi connectivity index (χ2n) is 5.13. The van der Waals surface area contributed by atoms with Gasteiger partial charge in [0, 0.05) is 6.54 Å². The Bertz CT molecular complexity index is 398. The normalized spacial score (nSPS) is 10.9. The topological polar surface area (TPSA) is 89.3 Å². The summed E-state index contributed by atoms with van der Waals surface area (Å²) >= 11 is 0. The highest BCUT2D eigenvalue weighted by Crippen LogP contribution is 2.12. The van der Waals surface area contributed by atoms with Crippen molar-refractivity contribution < 1.29 is 9.53 Å². The number of amides is 1. The minimum absolute atomic E-state index is 0.457. The molecule has 0 fully saturated rings. The molecule has 106 valence electrons. The molecule has 0 bridgehead atoms. The molecule has 19 heavy (non-hydrogen) atoms. The van der Waals surface area contributed by atoms with E-state index in [-0.39, 0.29) is 0 Å². The number of hydrogen-bond donors (Lipinski definition) is 3. The Morgan fingerprint density at radius 3 is 2.68 bits per heavy atom. The zero-order chi connectivity index (χ0) is 14.3. The number of carbonyl (C=O) groups excluding carboxylic acids is 1. The summed E-state index contributed by atoms with van der Waals surface area (Å²) in [6.45, 7) is 6.88. The Morgan fingerprint density at radius 1 is 1.42 bits per heavy atom. The predicted molar refractivity (Wildman–Crippen MR) is 76.3 cm³/mol. The molecule has 0 aliphatic carbocycles. The fourth-order valence-electron chi connectivity index (χ4n) is 1.32. The van der Waals surface area contributed by atoms with E-state index < -0.39 is 11.7 Å². The van der Waals surface area contributed by atoms with Crippen molar-refractivity contribution in [1.29, 1.82) is 0 Å². The Hall–Kier alpha value is -1.82. The van der Waals surface area contributed by atoms with E-state index in [9.17, 15) is 4.79 Å². The van der Waals surface area contributed by atoms with E-state index in [1.54, 1.807) is 12.3 Å². The van der Waals surface area contributed by atoms with Crippen molar-refractivity contribution in [3.05, 3.63) is 18.3 Å². The van der Waals surface area contributed by atoms with Gasteiger partial charge in [-0.3, -0.25) is 5.32 Å². The highest BCUT2D eigenvalue weighted by atomic mass is 16.6. The molecule has 0 saturated carbocycles. The molecule has 4 N–H and O–H groups in total. The molecular formula is C13H22N4O2. The van der Waals surface area contributed by atoms with E-state index in [0.29, 0.717) is 12.4 Å². The van der Waals surface area contributed by atoms with Gasteiger partial charge in [0.15, 0.2) is 0 Å². The van der Waals surface area contributed by atoms with Crippen LogP contribution in [0.15, 0.2) is 18.3 Å². The molecule has 0 saturated heterocycles. The molecule has 0 aliphatic heterocycles. The number of nitrogens with zero attached hydrogens (tertiary/aromatic N) is 1. The summed E-state index contributed by atoms with van der Waals surface area (Å²) in [5.74, 6) is 0.457. The lowest BCUT2D eigenvalue weighted by molar-refractivity contribution is 0.0635. The minimum atomic E-state index is -0.520. The van der Waals surface area contributed by atoms with Crippen LogP contribution in [0.5, 0.6) is 0 Å². The molecule has 0 spiro atoms. The molecule has 0 atom stereocenters. The second-order valence-corrected chi connectivity index (χ2v) is 5.13. The molecule has 1 rings (SSSR count). The maximum absolute atomic E-state index is 11.5. The van der Waals surface area contributed by atoms with E-state index in [2.05, 4.69) is 15.6 Å². The van der Waals surface area contributed by atoms with Crippen LogP contribution in [-0.2, 0) is 4.74 Å². The van der Waals surface area contributed by atoms with Gasteiger partial charge in [-0.2, -0.15) is 0 Å². The largest absolute Gasteiger partial charge is 0.444 e. The number of rotatable bonds is 5. The van der Waals surface area contributed by atoms with Gasteiger partial charge in [-0.25, -0.2) is 9.78 Å². The van der Waals surface area contributed by atoms with E-state index in [4.69, 9.17) is 10.5 Å². The minimum Gasteiger partial charge on any atom is -0.444 e. The third kappa shape index (κ3) is 6.61. The molecule has 6 heteroatoms. The predicted octanol–water partition coefficient (Wildman–Crippen LogP) is 2.19. The lowest BCUT2D eigenvalue weighted by Crippen LogP contribution is -2.27. The third-order valence-electron chi connectivity index (χ3n) is 2.10. The molecule has 1 heterocycles. The molecule has 0 radical (unpaired) electrons. The van der Waals surface area contributed by atoms with E-state index in [0.717, 1.165) is 18.7 Å². The lowest BCUT2D eigenvalue weighted by atomic mass is 10.2. The number of ether oxygens (including phenoxy) is 1. The van der Waals surface area contributed by atoms with Crippen molar-refractivity contribution in [2.45, 2.75) is 32.8 Å². The summed E-state index contributed by atoms with van der Waals surface area (Å²) in [5.41, 5.74) is 5.78. The van der Waals surface area contributed by atoms with Crippen LogP contribution in [-0.4, -0.2) is 29.8 Å². The fourth-order valence-corrected chi connectivity index (χ4v) is 1.32. The molecule has 1 amide bonds. The number of pyridine rings is 1. The monoisotopic (exact) mass is 266 g/mol. The number of nitrogens with two attached hydrogens (primary N) is 1. The van der Waals surface area contributed by atoms with Crippen LogP contribution >= 0.6 is 0 Å². The lowest BCUT2D eigenvalue weighted by Gasteiger charge is -2.19. The van der Waals surface area contributed by atoms with Gasteiger partial charge in [-0.15, -0.1) is 0 Å². The first-order valence-corrected chi connectivity index (χ1v) is 6.31. The SMILES string of the molecule is CC(C)(C)OC(=O)Nc1ccc(NCCCN)cn1. The van der Waals surface area contributed by atoms with Crippen molar-refractivity contribution in [1.82, 2.24) is 4.98 Å². The number of nitrogens with one attached hydrogen (secondary N) is 2. The summed E-state index contributed by atoms with van der Waals surface area (Å²) in [4.78, 5) is 15.6. The number of aromatic nitrogens is 1. The Balaban J connectivity index is 2.45. The molecule has 0 unspecified atom stereocenters. The third-order valence-corrected chi connectivity index (χ3v) is 2.10. The summed E-state index contributed by atoms with van der Waals surface area (Å²) < 4.78 is 5.13. The van der Waals surface area contributed by atoms with Crippen LogP contribution in [0.4, 0.5) is 16.3 Å². The average Bonchev–Trinajstić information content (AvgIpc) is 2.29. The Kier molecular flexibility index (Phi) is 5.57. The van der Waals surface area contributed by atoms with Gasteiger partial charge >= 0.3 is 6.09 Å². The molecular weight excluding hydrogens is 244 g/mol. The van der Waals surface area contributed by atoms with Crippen molar-refractivity contribution in [3.63, 3.8) is 0 Å². The molecule has 1 aromatic heterocycles. The second kappa shape index (κ2) is 6.94. The van der Waals surface area contributed by atoms with Gasteiger partial charge in [0.25, 0.3) is 0 Å². The maximum Gasteiger partial charge on any atom is 0.413 e. The first kappa shape index (κ1) is 15.2. The standard InChI is InChI=1S/C13H22N4O2/c1-13(2,3)19-12(18)17-11-6-5-10(9-16-11)15-8-4-7-14/h5-6,9,15H,4,7-8,14H2,1-3H3,(H,16,17,18). The summed E-state index contributed by atoms with van der Waals surface area (Å²) in [5, 5.41) is 5.75. The molecule has 0 aliphatic rings. The van der Waals surface area contributed by atoms with Crippen molar-refractivity contribution in [3.8, 4) is 0 Å². The first-order chi connectivity index (χ1) is 8.90. The van der Waals surface area contributed by atoms with E-state index in [1.807, 2.05) is 26.8 Å². The van der Waals surface area contributed by atoms with Crippen molar-refractivity contribution in [2.24, 2.45) is 5.73 Å². The molecule has 0 aromatic carbocycles. The van der Waals surface area contributed by atoms with Crippen LogP contribution in [0.2, 0.25) is 0 Å². The van der Waals surface area contributed by atoms with Gasteiger partial charge in [0.05, 0.1) is 11.9 Å².